The maximum atomic E-state index is 12.7. The van der Waals surface area contributed by atoms with Crippen molar-refractivity contribution < 1.29 is 13.2 Å². The van der Waals surface area contributed by atoms with Crippen molar-refractivity contribution in [2.75, 3.05) is 19.1 Å². The molecule has 1 aromatic rings. The average Bonchev–Trinajstić information content (AvgIpc) is 2.64. The molecule has 0 aliphatic carbocycles. The van der Waals surface area contributed by atoms with Gasteiger partial charge in [-0.25, -0.2) is 13.1 Å². The fourth-order valence-corrected chi connectivity index (χ4v) is 4.82. The zero-order valence-corrected chi connectivity index (χ0v) is 13.5. The molecule has 1 aromatic heterocycles. The number of nitrogens with zero attached hydrogens (tertiary/aromatic N) is 2. The summed E-state index contributed by atoms with van der Waals surface area (Å²) in [5.74, 6) is 0.230. The van der Waals surface area contributed by atoms with Gasteiger partial charge < -0.3 is 4.74 Å². The zero-order valence-electron chi connectivity index (χ0n) is 11.9. The van der Waals surface area contributed by atoms with Crippen molar-refractivity contribution in [3.63, 3.8) is 0 Å². The fourth-order valence-electron chi connectivity index (χ4n) is 2.50. The minimum atomic E-state index is -3.64. The van der Waals surface area contributed by atoms with E-state index in [9.17, 15) is 8.42 Å². The van der Waals surface area contributed by atoms with Gasteiger partial charge in [-0.2, -0.15) is 5.10 Å². The average molecular weight is 322 g/mol. The molecule has 6 nitrogen and oxygen atoms in total. The van der Waals surface area contributed by atoms with Crippen LogP contribution in [0.5, 0.6) is 0 Å². The van der Waals surface area contributed by atoms with Crippen LogP contribution in [0.3, 0.4) is 0 Å². The first-order valence-electron chi connectivity index (χ1n) is 6.49. The van der Waals surface area contributed by atoms with Crippen molar-refractivity contribution in [1.29, 1.82) is 0 Å². The van der Waals surface area contributed by atoms with Gasteiger partial charge in [-0.3, -0.25) is 4.68 Å². The van der Waals surface area contributed by atoms with Gasteiger partial charge in [0.1, 0.15) is 4.90 Å². The molecule has 1 fully saturated rings. The number of alkyl halides is 1. The number of aryl methyl sites for hydroxylation is 2. The lowest BCUT2D eigenvalue weighted by atomic mass is 9.94. The Morgan fingerprint density at radius 3 is 2.45 bits per heavy atom. The summed E-state index contributed by atoms with van der Waals surface area (Å²) in [6, 6.07) is 0. The molecule has 0 aromatic carbocycles. The van der Waals surface area contributed by atoms with Crippen LogP contribution in [0, 0.1) is 13.8 Å². The Kier molecular flexibility index (Phi) is 4.44. The highest BCUT2D eigenvalue weighted by molar-refractivity contribution is 7.89. The Bertz CT molecular complexity index is 591. The molecule has 2 heterocycles. The van der Waals surface area contributed by atoms with E-state index in [1.54, 1.807) is 25.6 Å². The molecule has 114 valence electrons. The smallest absolute Gasteiger partial charge is 0.244 e. The normalized spacial score (nSPS) is 19.2. The predicted octanol–water partition coefficient (Wildman–Crippen LogP) is 1.10. The topological polar surface area (TPSA) is 73.2 Å². The van der Waals surface area contributed by atoms with Crippen molar-refractivity contribution in [3.8, 4) is 0 Å². The molecule has 0 spiro atoms. The Labute approximate surface area is 124 Å². The number of ether oxygens (including phenoxy) is 1. The summed E-state index contributed by atoms with van der Waals surface area (Å²) in [6.07, 6.45) is 1.15. The van der Waals surface area contributed by atoms with Crippen LogP contribution >= 0.6 is 11.6 Å². The monoisotopic (exact) mass is 321 g/mol. The molecule has 1 N–H and O–H groups in total. The molecule has 0 atom stereocenters. The summed E-state index contributed by atoms with van der Waals surface area (Å²) in [6.45, 7) is 4.46. The predicted molar refractivity (Wildman–Crippen MR) is 76.5 cm³/mol. The van der Waals surface area contributed by atoms with Gasteiger partial charge in [0.2, 0.25) is 10.0 Å². The van der Waals surface area contributed by atoms with Gasteiger partial charge in [0.05, 0.1) is 16.9 Å². The van der Waals surface area contributed by atoms with Crippen molar-refractivity contribution in [3.05, 3.63) is 11.4 Å². The first-order chi connectivity index (χ1) is 9.31. The first kappa shape index (κ1) is 15.8. The molecule has 1 saturated heterocycles. The van der Waals surface area contributed by atoms with E-state index in [4.69, 9.17) is 16.3 Å². The number of nitrogens with one attached hydrogen (secondary N) is 1. The van der Waals surface area contributed by atoms with E-state index in [1.165, 1.54) is 0 Å². The molecule has 1 aliphatic rings. The van der Waals surface area contributed by atoms with Crippen LogP contribution in [0.2, 0.25) is 0 Å². The lowest BCUT2D eigenvalue weighted by Crippen LogP contribution is -2.53. The van der Waals surface area contributed by atoms with Crippen molar-refractivity contribution in [2.24, 2.45) is 7.05 Å². The summed E-state index contributed by atoms with van der Waals surface area (Å²) in [5.41, 5.74) is 0.481. The van der Waals surface area contributed by atoms with E-state index in [2.05, 4.69) is 9.82 Å². The van der Waals surface area contributed by atoms with Crippen LogP contribution in [0.15, 0.2) is 4.90 Å². The van der Waals surface area contributed by atoms with Crippen LogP contribution < -0.4 is 4.72 Å². The molecule has 1 aliphatic heterocycles. The van der Waals surface area contributed by atoms with E-state index in [0.717, 1.165) is 0 Å². The SMILES string of the molecule is Cc1nn(C)c(C)c1S(=O)(=O)NC1(CCl)CCOCC1. The molecule has 8 heteroatoms. The quantitative estimate of drug-likeness (QED) is 0.843. The third-order valence-corrected chi connectivity index (χ3v) is 6.11. The Morgan fingerprint density at radius 1 is 1.40 bits per heavy atom. The molecule has 20 heavy (non-hydrogen) atoms. The largest absolute Gasteiger partial charge is 0.381 e. The third-order valence-electron chi connectivity index (χ3n) is 3.77. The second kappa shape index (κ2) is 5.63. The van der Waals surface area contributed by atoms with Crippen LogP contribution in [0.4, 0.5) is 0 Å². The zero-order chi connectivity index (χ0) is 15.0. The van der Waals surface area contributed by atoms with E-state index >= 15 is 0 Å². The van der Waals surface area contributed by atoms with Crippen LogP contribution in [0.1, 0.15) is 24.2 Å². The molecule has 0 unspecified atom stereocenters. The highest BCUT2D eigenvalue weighted by atomic mass is 35.5. The second-order valence-corrected chi connectivity index (χ2v) is 7.14. The molecule has 0 radical (unpaired) electrons. The van der Waals surface area contributed by atoms with Gasteiger partial charge in [-0.15, -0.1) is 11.6 Å². The lowest BCUT2D eigenvalue weighted by Gasteiger charge is -2.35. The minimum absolute atomic E-state index is 0.230. The minimum Gasteiger partial charge on any atom is -0.381 e. The van der Waals surface area contributed by atoms with Crippen LogP contribution in [-0.2, 0) is 21.8 Å². The first-order valence-corrected chi connectivity index (χ1v) is 8.51. The number of rotatable bonds is 4. The molecule has 2 rings (SSSR count). The maximum Gasteiger partial charge on any atom is 0.244 e. The van der Waals surface area contributed by atoms with E-state index in [-0.39, 0.29) is 10.8 Å². The van der Waals surface area contributed by atoms with Crippen molar-refractivity contribution in [2.45, 2.75) is 37.1 Å². The molecule has 0 bridgehead atoms. The van der Waals surface area contributed by atoms with Gasteiger partial charge in [-0.05, 0) is 26.7 Å². The number of hydrogen-bond acceptors (Lipinski definition) is 4. The van der Waals surface area contributed by atoms with Crippen LogP contribution in [0.25, 0.3) is 0 Å². The maximum absolute atomic E-state index is 12.7. The van der Waals surface area contributed by atoms with Crippen LogP contribution in [-0.4, -0.2) is 42.8 Å². The van der Waals surface area contributed by atoms with Gasteiger partial charge in [0.25, 0.3) is 0 Å². The van der Waals surface area contributed by atoms with E-state index in [1.807, 2.05) is 0 Å². The molecular formula is C12H20ClN3O3S. The summed E-state index contributed by atoms with van der Waals surface area (Å²) in [5, 5.41) is 4.16. The summed E-state index contributed by atoms with van der Waals surface area (Å²) in [7, 11) is -1.91. The lowest BCUT2D eigenvalue weighted by molar-refractivity contribution is 0.0549. The van der Waals surface area contributed by atoms with Gasteiger partial charge in [0.15, 0.2) is 0 Å². The van der Waals surface area contributed by atoms with Gasteiger partial charge in [-0.1, -0.05) is 0 Å². The second-order valence-electron chi connectivity index (χ2n) is 5.26. The highest BCUT2D eigenvalue weighted by Crippen LogP contribution is 2.27. The molecule has 0 amide bonds. The summed E-state index contributed by atoms with van der Waals surface area (Å²) >= 11 is 6.01. The number of halogens is 1. The summed E-state index contributed by atoms with van der Waals surface area (Å²) in [4.78, 5) is 0.246. The molecule has 0 saturated carbocycles. The fraction of sp³-hybridized carbons (Fsp3) is 0.750. The Morgan fingerprint density at radius 2 is 2.00 bits per heavy atom. The van der Waals surface area contributed by atoms with Gasteiger partial charge in [0, 0.05) is 26.1 Å². The van der Waals surface area contributed by atoms with Crippen molar-refractivity contribution >= 4 is 21.6 Å². The highest BCUT2D eigenvalue weighted by Gasteiger charge is 2.38. The Balaban J connectivity index is 2.35. The standard InChI is InChI=1S/C12H20ClN3O3S/c1-9-11(10(2)16(3)14-9)20(17,18)15-12(8-13)4-6-19-7-5-12/h15H,4-8H2,1-3H3. The van der Waals surface area contributed by atoms with E-state index in [0.29, 0.717) is 37.4 Å². The molecular weight excluding hydrogens is 302 g/mol. The van der Waals surface area contributed by atoms with Crippen molar-refractivity contribution in [1.82, 2.24) is 14.5 Å². The van der Waals surface area contributed by atoms with Gasteiger partial charge >= 0.3 is 0 Å². The Hall–Kier alpha value is -0.630. The number of hydrogen-bond donors (Lipinski definition) is 1. The number of sulfonamides is 1. The number of aromatic nitrogens is 2. The summed E-state index contributed by atoms with van der Waals surface area (Å²) < 4.78 is 34.9. The third kappa shape index (κ3) is 2.86. The van der Waals surface area contributed by atoms with E-state index < -0.39 is 15.6 Å².